The van der Waals surface area contributed by atoms with Crippen LogP contribution in [0.1, 0.15) is 5.56 Å². The zero-order valence-electron chi connectivity index (χ0n) is 10.0. The lowest BCUT2D eigenvalue weighted by atomic mass is 10.2. The van der Waals surface area contributed by atoms with E-state index in [0.717, 1.165) is 10.8 Å². The van der Waals surface area contributed by atoms with Crippen molar-refractivity contribution in [3.05, 3.63) is 36.7 Å². The number of rotatable bonds is 5. The molecule has 2 N–H and O–H groups in total. The lowest BCUT2D eigenvalue weighted by molar-refractivity contribution is -0.386. The summed E-state index contributed by atoms with van der Waals surface area (Å²) in [5.74, 6) is 0. The number of aromatic nitrogens is 1. The van der Waals surface area contributed by atoms with Gasteiger partial charge in [-0.1, -0.05) is 0 Å². The fraction of sp³-hybridized carbons (Fsp3) is 0.500. The van der Waals surface area contributed by atoms with Gasteiger partial charge in [0.15, 0.2) is 0 Å². The van der Waals surface area contributed by atoms with E-state index in [-0.39, 0.29) is 22.3 Å². The topological polar surface area (TPSA) is 97.4 Å². The van der Waals surface area contributed by atoms with Gasteiger partial charge < -0.3 is 15.0 Å². The zero-order valence-corrected chi connectivity index (χ0v) is 11.6. The van der Waals surface area contributed by atoms with Crippen molar-refractivity contribution in [1.82, 2.24) is 9.88 Å². The molecule has 0 aromatic carbocycles. The van der Waals surface area contributed by atoms with E-state index in [2.05, 4.69) is 21.2 Å². The zero-order chi connectivity index (χ0) is 13.9. The number of hydrogen-bond donors (Lipinski definition) is 2. The average molecular weight is 320 g/mol. The molecule has 18 heavy (non-hydrogen) atoms. The van der Waals surface area contributed by atoms with E-state index >= 15 is 0 Å². The molecule has 0 radical (unpaired) electrons. The Bertz CT molecular complexity index is 515. The lowest BCUT2D eigenvalue weighted by Crippen LogP contribution is -2.33. The number of likely N-dealkylation sites (N-methyl/N-ethyl adjacent to an activating group) is 1. The molecule has 0 aliphatic rings. The Labute approximate surface area is 112 Å². The summed E-state index contributed by atoms with van der Waals surface area (Å²) >= 11 is 3.04. The predicted molar refractivity (Wildman–Crippen MR) is 69.7 cm³/mol. The van der Waals surface area contributed by atoms with Crippen LogP contribution in [0.3, 0.4) is 0 Å². The normalized spacial score (nSPS) is 12.4. The smallest absolute Gasteiger partial charge is 0.289 e. The molecule has 1 rings (SSSR count). The van der Waals surface area contributed by atoms with Crippen molar-refractivity contribution in [1.29, 1.82) is 0 Å². The van der Waals surface area contributed by atoms with Gasteiger partial charge in [0.1, 0.15) is 0 Å². The summed E-state index contributed by atoms with van der Waals surface area (Å²) < 4.78 is 1.28. The summed E-state index contributed by atoms with van der Waals surface area (Å²) in [6, 6.07) is 0. The van der Waals surface area contributed by atoms with Crippen LogP contribution in [0.15, 0.2) is 15.5 Å². The molecule has 0 aliphatic heterocycles. The number of hydrogen-bond acceptors (Lipinski definition) is 5. The molecule has 100 valence electrons. The molecule has 0 fully saturated rings. The standard InChI is InChI=1S/C10H14BrN3O4/c1-6-8(14(17)18)5-13(10(16)9(6)11)4-7(15)3-12-2/h5,7,12,15H,3-4H2,1-2H3. The fourth-order valence-electron chi connectivity index (χ4n) is 1.55. The maximum absolute atomic E-state index is 11.9. The number of aliphatic hydroxyl groups is 1. The number of nitrogens with one attached hydrogen (secondary N) is 1. The van der Waals surface area contributed by atoms with Gasteiger partial charge in [-0.15, -0.1) is 0 Å². The molecule has 1 unspecified atom stereocenters. The molecule has 1 aromatic heterocycles. The third-order valence-electron chi connectivity index (χ3n) is 2.48. The van der Waals surface area contributed by atoms with Crippen molar-refractivity contribution in [3.8, 4) is 0 Å². The number of pyridine rings is 1. The van der Waals surface area contributed by atoms with E-state index < -0.39 is 16.6 Å². The first-order valence-corrected chi connectivity index (χ1v) is 6.04. The Hall–Kier alpha value is -1.25. The second-order valence-electron chi connectivity index (χ2n) is 3.88. The number of nitro groups is 1. The Morgan fingerprint density at radius 3 is 2.78 bits per heavy atom. The fourth-order valence-corrected chi connectivity index (χ4v) is 1.98. The first-order valence-electron chi connectivity index (χ1n) is 5.25. The highest BCUT2D eigenvalue weighted by molar-refractivity contribution is 9.10. The van der Waals surface area contributed by atoms with Crippen molar-refractivity contribution < 1.29 is 10.0 Å². The summed E-state index contributed by atoms with van der Waals surface area (Å²) in [4.78, 5) is 22.2. The third kappa shape index (κ3) is 3.15. The van der Waals surface area contributed by atoms with Crippen molar-refractivity contribution in [2.75, 3.05) is 13.6 Å². The highest BCUT2D eigenvalue weighted by atomic mass is 79.9. The molecule has 1 aromatic rings. The first-order chi connectivity index (χ1) is 8.38. The van der Waals surface area contributed by atoms with Crippen LogP contribution in [0.25, 0.3) is 0 Å². The van der Waals surface area contributed by atoms with E-state index in [4.69, 9.17) is 0 Å². The summed E-state index contributed by atoms with van der Waals surface area (Å²) in [5.41, 5.74) is -0.268. The Kier molecular flexibility index (Phi) is 5.00. The summed E-state index contributed by atoms with van der Waals surface area (Å²) in [6.07, 6.45) is 0.364. The van der Waals surface area contributed by atoms with Crippen LogP contribution in [0.4, 0.5) is 5.69 Å². The lowest BCUT2D eigenvalue weighted by Gasteiger charge is -2.13. The van der Waals surface area contributed by atoms with Gasteiger partial charge in [0.05, 0.1) is 28.2 Å². The van der Waals surface area contributed by atoms with Crippen LogP contribution >= 0.6 is 15.9 Å². The molecule has 0 saturated carbocycles. The second kappa shape index (κ2) is 6.07. The van der Waals surface area contributed by atoms with Gasteiger partial charge in [-0.3, -0.25) is 14.9 Å². The minimum absolute atomic E-state index is 0.000602. The van der Waals surface area contributed by atoms with Crippen LogP contribution in [0, 0.1) is 17.0 Å². The molecule has 7 nitrogen and oxygen atoms in total. The van der Waals surface area contributed by atoms with Gasteiger partial charge in [-0.2, -0.15) is 0 Å². The SMILES string of the molecule is CNCC(O)Cn1cc([N+](=O)[O-])c(C)c(Br)c1=O. The molecular formula is C10H14BrN3O4. The molecule has 8 heteroatoms. The summed E-state index contributed by atoms with van der Waals surface area (Å²) in [5, 5.41) is 23.2. The molecule has 0 aliphatic carbocycles. The second-order valence-corrected chi connectivity index (χ2v) is 4.67. The van der Waals surface area contributed by atoms with Crippen LogP contribution in [0.2, 0.25) is 0 Å². The quantitative estimate of drug-likeness (QED) is 0.605. The average Bonchev–Trinajstić information content (AvgIpc) is 2.30. The van der Waals surface area contributed by atoms with Gasteiger partial charge in [-0.25, -0.2) is 0 Å². The number of nitrogens with zero attached hydrogens (tertiary/aromatic N) is 2. The van der Waals surface area contributed by atoms with Crippen LogP contribution in [-0.4, -0.2) is 34.3 Å². The Balaban J connectivity index is 3.20. The molecule has 0 bridgehead atoms. The van der Waals surface area contributed by atoms with E-state index in [1.54, 1.807) is 7.05 Å². The monoisotopic (exact) mass is 319 g/mol. The summed E-state index contributed by atoms with van der Waals surface area (Å²) in [7, 11) is 1.67. The van der Waals surface area contributed by atoms with Crippen LogP contribution in [-0.2, 0) is 6.54 Å². The van der Waals surface area contributed by atoms with Gasteiger partial charge in [0, 0.05) is 12.1 Å². The van der Waals surface area contributed by atoms with Gasteiger partial charge in [-0.05, 0) is 29.9 Å². The Morgan fingerprint density at radius 1 is 1.67 bits per heavy atom. The molecule has 0 spiro atoms. The largest absolute Gasteiger partial charge is 0.390 e. The van der Waals surface area contributed by atoms with Crippen molar-refractivity contribution >= 4 is 21.6 Å². The third-order valence-corrected chi connectivity index (χ3v) is 3.42. The highest BCUT2D eigenvalue weighted by Crippen LogP contribution is 2.22. The van der Waals surface area contributed by atoms with Crippen LogP contribution < -0.4 is 10.9 Å². The molecular weight excluding hydrogens is 306 g/mol. The Morgan fingerprint density at radius 2 is 2.28 bits per heavy atom. The van der Waals surface area contributed by atoms with Crippen molar-refractivity contribution in [3.63, 3.8) is 0 Å². The van der Waals surface area contributed by atoms with Crippen molar-refractivity contribution in [2.45, 2.75) is 19.6 Å². The first kappa shape index (κ1) is 14.8. The predicted octanol–water partition coefficient (Wildman–Crippen LogP) is 0.408. The van der Waals surface area contributed by atoms with Gasteiger partial charge in [0.25, 0.3) is 11.2 Å². The van der Waals surface area contributed by atoms with E-state index in [1.165, 1.54) is 6.92 Å². The maximum Gasteiger partial charge on any atom is 0.289 e. The maximum atomic E-state index is 11.9. The molecule has 0 amide bonds. The number of halogens is 1. The van der Waals surface area contributed by atoms with Gasteiger partial charge in [0.2, 0.25) is 0 Å². The highest BCUT2D eigenvalue weighted by Gasteiger charge is 2.19. The van der Waals surface area contributed by atoms with Crippen LogP contribution in [0.5, 0.6) is 0 Å². The van der Waals surface area contributed by atoms with Gasteiger partial charge >= 0.3 is 0 Å². The van der Waals surface area contributed by atoms with E-state index in [1.807, 2.05) is 0 Å². The summed E-state index contributed by atoms with van der Waals surface area (Å²) in [6.45, 7) is 1.79. The molecule has 1 heterocycles. The van der Waals surface area contributed by atoms with E-state index in [9.17, 15) is 20.0 Å². The van der Waals surface area contributed by atoms with Crippen molar-refractivity contribution in [2.24, 2.45) is 0 Å². The number of aliphatic hydroxyl groups excluding tert-OH is 1. The van der Waals surface area contributed by atoms with E-state index in [0.29, 0.717) is 6.54 Å². The molecule has 0 saturated heterocycles. The minimum Gasteiger partial charge on any atom is -0.390 e. The molecule has 1 atom stereocenters. The minimum atomic E-state index is -0.790.